The summed E-state index contributed by atoms with van der Waals surface area (Å²) in [5, 5.41) is 3.45. The monoisotopic (exact) mass is 305 g/mol. The summed E-state index contributed by atoms with van der Waals surface area (Å²) in [7, 11) is 3.42. The van der Waals surface area contributed by atoms with Gasteiger partial charge in [-0.15, -0.1) is 0 Å². The fraction of sp³-hybridized carbons (Fsp3) is 0.588. The first-order valence-electron chi connectivity index (χ1n) is 8.03. The lowest BCUT2D eigenvalue weighted by atomic mass is 10.3. The SMILES string of the molecule is CCCCn1c(CNCCCOC)nc2cc(OC)ccc21. The number of benzene rings is 1. The maximum atomic E-state index is 5.30. The number of hydrogen-bond donors (Lipinski definition) is 1. The molecule has 22 heavy (non-hydrogen) atoms. The van der Waals surface area contributed by atoms with E-state index in [2.05, 4.69) is 22.9 Å². The Bertz CT molecular complexity index is 581. The highest BCUT2D eigenvalue weighted by Crippen LogP contribution is 2.22. The van der Waals surface area contributed by atoms with Crippen molar-refractivity contribution < 1.29 is 9.47 Å². The molecule has 0 fully saturated rings. The molecular weight excluding hydrogens is 278 g/mol. The average molecular weight is 305 g/mol. The number of aromatic nitrogens is 2. The van der Waals surface area contributed by atoms with E-state index in [4.69, 9.17) is 14.5 Å². The van der Waals surface area contributed by atoms with Crippen molar-refractivity contribution in [3.63, 3.8) is 0 Å². The molecule has 0 atom stereocenters. The molecule has 0 aliphatic rings. The lowest BCUT2D eigenvalue weighted by molar-refractivity contribution is 0.194. The van der Waals surface area contributed by atoms with Crippen molar-refractivity contribution in [2.24, 2.45) is 0 Å². The standard InChI is InChI=1S/C17H27N3O2/c1-4-5-10-20-16-8-7-14(22-3)12-15(16)19-17(20)13-18-9-6-11-21-2/h7-8,12,18H,4-6,9-11,13H2,1-3H3. The third-order valence-electron chi connectivity index (χ3n) is 3.75. The predicted molar refractivity (Wildman–Crippen MR) is 89.4 cm³/mol. The van der Waals surface area contributed by atoms with Gasteiger partial charge < -0.3 is 19.4 Å². The van der Waals surface area contributed by atoms with Crippen LogP contribution < -0.4 is 10.1 Å². The second kappa shape index (κ2) is 8.76. The van der Waals surface area contributed by atoms with E-state index < -0.39 is 0 Å². The third kappa shape index (κ3) is 4.21. The number of methoxy groups -OCH3 is 2. The molecule has 122 valence electrons. The van der Waals surface area contributed by atoms with Gasteiger partial charge in [0.2, 0.25) is 0 Å². The fourth-order valence-electron chi connectivity index (χ4n) is 2.53. The minimum Gasteiger partial charge on any atom is -0.497 e. The van der Waals surface area contributed by atoms with E-state index in [9.17, 15) is 0 Å². The quantitative estimate of drug-likeness (QED) is 0.686. The summed E-state index contributed by atoms with van der Waals surface area (Å²) in [4.78, 5) is 4.78. The van der Waals surface area contributed by atoms with Gasteiger partial charge in [-0.05, 0) is 31.5 Å². The minimum atomic E-state index is 0.782. The van der Waals surface area contributed by atoms with Crippen molar-refractivity contribution in [2.45, 2.75) is 39.3 Å². The highest BCUT2D eigenvalue weighted by Gasteiger charge is 2.11. The molecule has 0 radical (unpaired) electrons. The number of unbranched alkanes of at least 4 members (excludes halogenated alkanes) is 1. The summed E-state index contributed by atoms with van der Waals surface area (Å²) in [6, 6.07) is 6.11. The van der Waals surface area contributed by atoms with Gasteiger partial charge in [0.05, 0.1) is 24.7 Å². The van der Waals surface area contributed by atoms with Crippen LogP contribution in [0.1, 0.15) is 32.0 Å². The molecule has 0 bridgehead atoms. The van der Waals surface area contributed by atoms with Crippen molar-refractivity contribution in [2.75, 3.05) is 27.4 Å². The zero-order valence-electron chi connectivity index (χ0n) is 13.9. The maximum absolute atomic E-state index is 5.30. The maximum Gasteiger partial charge on any atom is 0.123 e. The van der Waals surface area contributed by atoms with Gasteiger partial charge >= 0.3 is 0 Å². The normalized spacial score (nSPS) is 11.2. The van der Waals surface area contributed by atoms with E-state index in [-0.39, 0.29) is 0 Å². The van der Waals surface area contributed by atoms with E-state index in [0.29, 0.717) is 0 Å². The molecule has 0 aliphatic carbocycles. The summed E-state index contributed by atoms with van der Waals surface area (Å²) < 4.78 is 12.7. The highest BCUT2D eigenvalue weighted by atomic mass is 16.5. The van der Waals surface area contributed by atoms with Crippen LogP contribution in [0.15, 0.2) is 18.2 Å². The van der Waals surface area contributed by atoms with Crippen LogP contribution in [-0.2, 0) is 17.8 Å². The Kier molecular flexibility index (Phi) is 6.68. The van der Waals surface area contributed by atoms with Crippen molar-refractivity contribution >= 4 is 11.0 Å². The molecule has 0 amide bonds. The number of hydrogen-bond acceptors (Lipinski definition) is 4. The lowest BCUT2D eigenvalue weighted by Crippen LogP contribution is -2.19. The molecule has 0 aliphatic heterocycles. The molecule has 0 unspecified atom stereocenters. The first-order chi connectivity index (χ1) is 10.8. The highest BCUT2D eigenvalue weighted by molar-refractivity contribution is 5.77. The van der Waals surface area contributed by atoms with Crippen LogP contribution in [0.5, 0.6) is 5.75 Å². The molecule has 0 saturated heterocycles. The number of nitrogens with one attached hydrogen (secondary N) is 1. The molecule has 2 aromatic rings. The smallest absolute Gasteiger partial charge is 0.123 e. The molecule has 2 rings (SSSR count). The molecule has 5 heteroatoms. The topological polar surface area (TPSA) is 48.3 Å². The Balaban J connectivity index is 2.14. The van der Waals surface area contributed by atoms with Crippen LogP contribution in [-0.4, -0.2) is 36.9 Å². The Labute approximate surface area is 132 Å². The van der Waals surface area contributed by atoms with Gasteiger partial charge in [0, 0.05) is 26.3 Å². The van der Waals surface area contributed by atoms with Gasteiger partial charge in [0.1, 0.15) is 11.6 Å². The van der Waals surface area contributed by atoms with Gasteiger partial charge in [-0.3, -0.25) is 0 Å². The van der Waals surface area contributed by atoms with Crippen LogP contribution >= 0.6 is 0 Å². The van der Waals surface area contributed by atoms with Crippen molar-refractivity contribution in [3.8, 4) is 5.75 Å². The molecule has 5 nitrogen and oxygen atoms in total. The number of rotatable bonds is 10. The molecular formula is C17H27N3O2. The molecule has 1 heterocycles. The summed E-state index contributed by atoms with van der Waals surface area (Å²) in [5.74, 6) is 1.95. The average Bonchev–Trinajstić information content (AvgIpc) is 2.89. The van der Waals surface area contributed by atoms with Crippen molar-refractivity contribution in [1.29, 1.82) is 0 Å². The number of fused-ring (bicyclic) bond motifs is 1. The first-order valence-corrected chi connectivity index (χ1v) is 8.03. The second-order valence-electron chi connectivity index (χ2n) is 5.41. The van der Waals surface area contributed by atoms with Crippen LogP contribution in [0.2, 0.25) is 0 Å². The second-order valence-corrected chi connectivity index (χ2v) is 5.41. The predicted octanol–water partition coefficient (Wildman–Crippen LogP) is 2.97. The van der Waals surface area contributed by atoms with Crippen LogP contribution in [0.25, 0.3) is 11.0 Å². The minimum absolute atomic E-state index is 0.782. The summed E-state index contributed by atoms with van der Waals surface area (Å²) in [5.41, 5.74) is 2.19. The van der Waals surface area contributed by atoms with Crippen LogP contribution in [0.4, 0.5) is 0 Å². The largest absolute Gasteiger partial charge is 0.497 e. The van der Waals surface area contributed by atoms with Crippen LogP contribution in [0, 0.1) is 0 Å². The summed E-state index contributed by atoms with van der Waals surface area (Å²) in [6.07, 6.45) is 3.35. The van der Waals surface area contributed by atoms with E-state index in [1.165, 1.54) is 11.9 Å². The number of nitrogens with zero attached hydrogens (tertiary/aromatic N) is 2. The molecule has 1 N–H and O–H groups in total. The molecule has 0 saturated carbocycles. The first kappa shape index (κ1) is 16.8. The van der Waals surface area contributed by atoms with E-state index in [1.807, 2.05) is 12.1 Å². The molecule has 1 aromatic heterocycles. The van der Waals surface area contributed by atoms with Gasteiger partial charge in [-0.1, -0.05) is 13.3 Å². The molecule has 1 aromatic carbocycles. The Hall–Kier alpha value is -1.59. The van der Waals surface area contributed by atoms with Gasteiger partial charge in [-0.25, -0.2) is 4.98 Å². The molecule has 0 spiro atoms. The van der Waals surface area contributed by atoms with Gasteiger partial charge in [0.25, 0.3) is 0 Å². The zero-order valence-corrected chi connectivity index (χ0v) is 13.9. The van der Waals surface area contributed by atoms with E-state index >= 15 is 0 Å². The number of imidazole rings is 1. The Morgan fingerprint density at radius 2 is 2.09 bits per heavy atom. The van der Waals surface area contributed by atoms with Gasteiger partial charge in [0.15, 0.2) is 0 Å². The fourth-order valence-corrected chi connectivity index (χ4v) is 2.53. The van der Waals surface area contributed by atoms with Gasteiger partial charge in [-0.2, -0.15) is 0 Å². The van der Waals surface area contributed by atoms with E-state index in [1.54, 1.807) is 14.2 Å². The number of aryl methyl sites for hydroxylation is 1. The third-order valence-corrected chi connectivity index (χ3v) is 3.75. The zero-order chi connectivity index (χ0) is 15.8. The number of ether oxygens (including phenoxy) is 2. The Morgan fingerprint density at radius 1 is 1.23 bits per heavy atom. The lowest BCUT2D eigenvalue weighted by Gasteiger charge is -2.09. The van der Waals surface area contributed by atoms with Crippen molar-refractivity contribution in [1.82, 2.24) is 14.9 Å². The van der Waals surface area contributed by atoms with Crippen LogP contribution in [0.3, 0.4) is 0 Å². The summed E-state index contributed by atoms with van der Waals surface area (Å²) >= 11 is 0. The summed E-state index contributed by atoms with van der Waals surface area (Å²) in [6.45, 7) is 5.73. The van der Waals surface area contributed by atoms with E-state index in [0.717, 1.165) is 56.2 Å². The Morgan fingerprint density at radius 3 is 2.82 bits per heavy atom. The van der Waals surface area contributed by atoms with Crippen molar-refractivity contribution in [3.05, 3.63) is 24.0 Å².